The molecule has 0 unspecified atom stereocenters. The number of aliphatic hydroxyl groups is 1. The molecule has 1 amide bonds. The number of carboxylic acid groups (broad SMARTS) is 1. The molecule has 0 radical (unpaired) electrons. The van der Waals surface area contributed by atoms with E-state index in [1.54, 1.807) is 0 Å². The van der Waals surface area contributed by atoms with Gasteiger partial charge in [0.05, 0.1) is 27.2 Å². The maximum absolute atomic E-state index is 13.7. The zero-order valence-corrected chi connectivity index (χ0v) is 20.2. The molecule has 0 saturated carbocycles. The Labute approximate surface area is 218 Å². The lowest BCUT2D eigenvalue weighted by Crippen LogP contribution is -2.25. The van der Waals surface area contributed by atoms with Crippen molar-refractivity contribution in [3.8, 4) is 11.3 Å². The zero-order chi connectivity index (χ0) is 27.6. The number of benzene rings is 3. The molecule has 0 aliphatic rings. The maximum Gasteiger partial charge on any atom is 0.417 e. The molecule has 1 heterocycles. The van der Waals surface area contributed by atoms with Crippen molar-refractivity contribution < 1.29 is 37.8 Å². The van der Waals surface area contributed by atoms with Gasteiger partial charge in [0.1, 0.15) is 5.69 Å². The normalized spacial score (nSPS) is 11.5. The van der Waals surface area contributed by atoms with Crippen molar-refractivity contribution in [2.24, 2.45) is 0 Å². The molecule has 4 rings (SSSR count). The highest BCUT2D eigenvalue weighted by atomic mass is 35.5. The number of fused-ring (bicyclic) bond motifs is 1. The van der Waals surface area contributed by atoms with E-state index in [9.17, 15) is 32.7 Å². The average molecular weight is 546 g/mol. The molecule has 38 heavy (non-hydrogen) atoms. The second-order valence-electron chi connectivity index (χ2n) is 8.17. The number of aromatic carboxylic acids is 1. The Morgan fingerprint density at radius 2 is 1.68 bits per heavy atom. The highest BCUT2D eigenvalue weighted by Crippen LogP contribution is 2.37. The molecule has 3 N–H and O–H groups in total. The van der Waals surface area contributed by atoms with Crippen LogP contribution in [0.5, 0.6) is 0 Å². The van der Waals surface area contributed by atoms with Crippen LogP contribution in [0.1, 0.15) is 43.1 Å². The van der Waals surface area contributed by atoms with Crippen molar-refractivity contribution in [1.29, 1.82) is 0 Å². The van der Waals surface area contributed by atoms with E-state index >= 15 is 0 Å². The molecule has 1 aromatic heterocycles. The lowest BCUT2D eigenvalue weighted by atomic mass is 10.0. The first-order valence-corrected chi connectivity index (χ1v) is 11.6. The van der Waals surface area contributed by atoms with Gasteiger partial charge in [-0.25, -0.2) is 4.79 Å². The smallest absolute Gasteiger partial charge is 0.417 e. The van der Waals surface area contributed by atoms with Crippen LogP contribution in [0.3, 0.4) is 0 Å². The summed E-state index contributed by atoms with van der Waals surface area (Å²) in [5.41, 5.74) is -1.34. The van der Waals surface area contributed by atoms with E-state index in [2.05, 4.69) is 10.4 Å². The van der Waals surface area contributed by atoms with Crippen LogP contribution in [0, 0.1) is 0 Å². The number of halogens is 4. The van der Waals surface area contributed by atoms with E-state index in [1.807, 2.05) is 0 Å². The Morgan fingerprint density at radius 3 is 2.32 bits per heavy atom. The van der Waals surface area contributed by atoms with Crippen LogP contribution in [0.2, 0.25) is 5.02 Å². The number of aromatic nitrogens is 2. The molecule has 4 aromatic rings. The molecule has 0 atom stereocenters. The van der Waals surface area contributed by atoms with E-state index in [1.165, 1.54) is 42.5 Å². The van der Waals surface area contributed by atoms with Gasteiger partial charge in [0.15, 0.2) is 0 Å². The molecule has 0 fully saturated rings. The van der Waals surface area contributed by atoms with E-state index in [0.717, 1.165) is 22.9 Å². The summed E-state index contributed by atoms with van der Waals surface area (Å²) in [5.74, 6) is -2.85. The van der Waals surface area contributed by atoms with Crippen LogP contribution in [-0.2, 0) is 6.18 Å². The minimum absolute atomic E-state index is 0.00119. The van der Waals surface area contributed by atoms with Gasteiger partial charge >= 0.3 is 12.1 Å². The number of aliphatic hydroxyl groups excluding tert-OH is 1. The van der Waals surface area contributed by atoms with Crippen LogP contribution < -0.4 is 5.32 Å². The van der Waals surface area contributed by atoms with Gasteiger partial charge < -0.3 is 15.5 Å². The number of nitrogens with one attached hydrogen (secondary N) is 1. The van der Waals surface area contributed by atoms with Gasteiger partial charge in [-0.2, -0.15) is 23.0 Å². The van der Waals surface area contributed by atoms with Crippen LogP contribution in [-0.4, -0.2) is 50.9 Å². The third kappa shape index (κ3) is 5.24. The molecule has 0 saturated heterocycles. The van der Waals surface area contributed by atoms with Crippen LogP contribution >= 0.6 is 11.6 Å². The minimum Gasteiger partial charge on any atom is -0.478 e. The van der Waals surface area contributed by atoms with Crippen LogP contribution in [0.4, 0.5) is 13.2 Å². The molecular formula is C26H19ClF3N3O5. The molecule has 0 aliphatic carbocycles. The van der Waals surface area contributed by atoms with E-state index in [-0.39, 0.29) is 35.5 Å². The number of carbonyl (C=O) groups is 3. The fourth-order valence-electron chi connectivity index (χ4n) is 3.86. The van der Waals surface area contributed by atoms with Gasteiger partial charge in [-0.05, 0) is 48.9 Å². The largest absolute Gasteiger partial charge is 0.478 e. The molecule has 196 valence electrons. The third-order valence-corrected chi connectivity index (χ3v) is 6.01. The Balaban J connectivity index is 1.91. The first kappa shape index (κ1) is 26.8. The van der Waals surface area contributed by atoms with Crippen LogP contribution in [0.25, 0.3) is 22.2 Å². The predicted octanol–water partition coefficient (Wildman–Crippen LogP) is 4.87. The highest BCUT2D eigenvalue weighted by Gasteiger charge is 2.37. The Bertz CT molecular complexity index is 1550. The Kier molecular flexibility index (Phi) is 7.51. The van der Waals surface area contributed by atoms with Crippen molar-refractivity contribution in [2.75, 3.05) is 13.2 Å². The van der Waals surface area contributed by atoms with Crippen molar-refractivity contribution in [3.05, 3.63) is 87.9 Å². The van der Waals surface area contributed by atoms with Gasteiger partial charge in [-0.3, -0.25) is 9.59 Å². The third-order valence-electron chi connectivity index (χ3n) is 5.69. The summed E-state index contributed by atoms with van der Waals surface area (Å²) in [6, 6.07) is 12.8. The summed E-state index contributed by atoms with van der Waals surface area (Å²) >= 11 is 6.05. The van der Waals surface area contributed by atoms with Crippen molar-refractivity contribution in [3.63, 3.8) is 0 Å². The van der Waals surface area contributed by atoms with Gasteiger partial charge in [-0.1, -0.05) is 29.8 Å². The zero-order valence-electron chi connectivity index (χ0n) is 19.4. The Morgan fingerprint density at radius 1 is 1.00 bits per heavy atom. The number of hydrogen-bond donors (Lipinski definition) is 3. The van der Waals surface area contributed by atoms with Gasteiger partial charge in [0.25, 0.3) is 11.8 Å². The fourth-order valence-corrected chi connectivity index (χ4v) is 4.12. The molecule has 8 nitrogen and oxygen atoms in total. The summed E-state index contributed by atoms with van der Waals surface area (Å²) < 4.78 is 42.0. The number of amides is 1. The number of carboxylic acids is 1. The van der Waals surface area contributed by atoms with E-state index in [0.29, 0.717) is 17.4 Å². The van der Waals surface area contributed by atoms with Gasteiger partial charge in [0.2, 0.25) is 0 Å². The number of hydrogen-bond acceptors (Lipinski definition) is 5. The van der Waals surface area contributed by atoms with Gasteiger partial charge in [-0.15, -0.1) is 0 Å². The quantitative estimate of drug-likeness (QED) is 0.285. The summed E-state index contributed by atoms with van der Waals surface area (Å²) in [4.78, 5) is 37.4. The number of alkyl halides is 3. The van der Waals surface area contributed by atoms with E-state index < -0.39 is 40.1 Å². The molecule has 3 aromatic carbocycles. The average Bonchev–Trinajstić information content (AvgIpc) is 3.26. The second-order valence-corrected chi connectivity index (χ2v) is 8.58. The second kappa shape index (κ2) is 10.6. The fraction of sp³-hybridized carbons (Fsp3) is 0.154. The van der Waals surface area contributed by atoms with E-state index in [4.69, 9.17) is 16.7 Å². The van der Waals surface area contributed by atoms with Crippen molar-refractivity contribution in [1.82, 2.24) is 15.1 Å². The first-order valence-electron chi connectivity index (χ1n) is 11.2. The Hall–Kier alpha value is -4.22. The SMILES string of the molecule is O=C(O)c1ccc(-c2nn(C(=O)c3c(Cl)cccc3C(F)(F)F)c3cc(C(=O)NCCCO)ccc23)cc1. The monoisotopic (exact) mass is 545 g/mol. The molecule has 0 bridgehead atoms. The number of rotatable bonds is 7. The standard InChI is InChI=1S/C26H19ClF3N3O5/c27-19-4-1-3-18(26(28,29)30)21(19)24(36)33-20-13-16(23(35)31-11-2-12-34)9-10-17(20)22(32-33)14-5-7-15(8-6-14)25(37)38/h1,3-10,13,34H,2,11-12H2,(H,31,35)(H,37,38). The topological polar surface area (TPSA) is 122 Å². The van der Waals surface area contributed by atoms with Gasteiger partial charge in [0, 0.05) is 29.7 Å². The van der Waals surface area contributed by atoms with Crippen molar-refractivity contribution >= 4 is 40.3 Å². The number of carbonyl (C=O) groups excluding carboxylic acids is 2. The summed E-state index contributed by atoms with van der Waals surface area (Å²) in [5, 5.41) is 24.9. The van der Waals surface area contributed by atoms with Crippen molar-refractivity contribution in [2.45, 2.75) is 12.6 Å². The predicted molar refractivity (Wildman–Crippen MR) is 132 cm³/mol. The lowest BCUT2D eigenvalue weighted by molar-refractivity contribution is -0.137. The van der Waals surface area contributed by atoms with Crippen LogP contribution in [0.15, 0.2) is 60.7 Å². The minimum atomic E-state index is -4.88. The molecule has 0 spiro atoms. The lowest BCUT2D eigenvalue weighted by Gasteiger charge is -2.13. The molecule has 12 heteroatoms. The molecule has 0 aliphatic heterocycles. The summed E-state index contributed by atoms with van der Waals surface area (Å²) in [6.07, 6.45) is -4.57. The summed E-state index contributed by atoms with van der Waals surface area (Å²) in [6.45, 7) is 0.0469. The maximum atomic E-state index is 13.7. The highest BCUT2D eigenvalue weighted by molar-refractivity contribution is 6.34. The molecular weight excluding hydrogens is 527 g/mol. The summed E-state index contributed by atoms with van der Waals surface area (Å²) in [7, 11) is 0. The number of nitrogens with zero attached hydrogens (tertiary/aromatic N) is 2. The first-order chi connectivity index (χ1) is 18.0.